The topological polar surface area (TPSA) is 194 Å². The van der Waals surface area contributed by atoms with Crippen LogP contribution in [0.4, 0.5) is 13.2 Å². The summed E-state index contributed by atoms with van der Waals surface area (Å²) >= 11 is 12.6. The first kappa shape index (κ1) is 65.0. The van der Waals surface area contributed by atoms with E-state index in [0.29, 0.717) is 84.4 Å². The quantitative estimate of drug-likeness (QED) is 0.0412. The van der Waals surface area contributed by atoms with Crippen LogP contribution in [0, 0.1) is 18.8 Å². The first-order valence-corrected chi connectivity index (χ1v) is 24.3. The summed E-state index contributed by atoms with van der Waals surface area (Å²) in [6.45, 7) is 8.63. The Hall–Kier alpha value is -3.15. The maximum absolute atomic E-state index is 14.2. The molecule has 0 spiro atoms. The van der Waals surface area contributed by atoms with Gasteiger partial charge >= 0.3 is 75.1 Å². The number of phenols is 1. The monoisotopic (exact) mass is 1170 g/mol. The van der Waals surface area contributed by atoms with E-state index in [2.05, 4.69) is 21.3 Å². The number of hydrogen-bond acceptors (Lipinski definition) is 8. The number of likely N-dealkylation sites (N-methyl/N-ethyl adjacent to an activating group) is 2. The number of unbranched alkanes of at least 4 members (excludes halogenated alkanes) is 1. The summed E-state index contributed by atoms with van der Waals surface area (Å²) in [6.07, 6.45) is 0.868. The van der Waals surface area contributed by atoms with Gasteiger partial charge in [-0.25, -0.2) is 0 Å². The van der Waals surface area contributed by atoms with Crippen molar-refractivity contribution in [2.75, 3.05) is 34.7 Å². The third kappa shape index (κ3) is 18.6. The molecular formula is C51H72Cl2CsF3N7O8+. The number of hydrogen-bond donors (Lipinski definition) is 5. The van der Waals surface area contributed by atoms with E-state index in [4.69, 9.17) is 23.2 Å². The van der Waals surface area contributed by atoms with Crippen LogP contribution in [0.2, 0.25) is 10.0 Å². The molecule has 2 aromatic carbocycles. The molecule has 2 aromatic rings. The molecule has 5 N–H and O–H groups in total. The third-order valence-electron chi connectivity index (χ3n) is 13.0. The molecule has 15 nitrogen and oxygen atoms in total. The second-order valence-electron chi connectivity index (χ2n) is 20.7. The summed E-state index contributed by atoms with van der Waals surface area (Å²) in [5, 5.41) is 22.2. The fourth-order valence-corrected chi connectivity index (χ4v) is 8.33. The molecule has 0 aromatic heterocycles. The number of amides is 6. The van der Waals surface area contributed by atoms with Gasteiger partial charge in [0.25, 0.3) is 11.8 Å². The smallest absolute Gasteiger partial charge is 0.508 e. The summed E-state index contributed by atoms with van der Waals surface area (Å²) in [7, 11) is 7.11. The van der Waals surface area contributed by atoms with Gasteiger partial charge in [0.1, 0.15) is 35.4 Å². The van der Waals surface area contributed by atoms with E-state index >= 15 is 0 Å². The van der Waals surface area contributed by atoms with Gasteiger partial charge in [-0.1, -0.05) is 50.0 Å². The third-order valence-corrected chi connectivity index (χ3v) is 13.6. The molecule has 394 valence electrons. The van der Waals surface area contributed by atoms with Gasteiger partial charge in [-0.15, -0.1) is 0 Å². The van der Waals surface area contributed by atoms with Crippen LogP contribution in [0.5, 0.6) is 5.75 Å². The predicted molar refractivity (Wildman–Crippen MR) is 266 cm³/mol. The molecule has 72 heavy (non-hydrogen) atoms. The number of alkyl halides is 3. The summed E-state index contributed by atoms with van der Waals surface area (Å²) in [4.78, 5) is 95.6. The molecule has 1 heterocycles. The summed E-state index contributed by atoms with van der Waals surface area (Å²) in [5.41, 5.74) is 0.369. The van der Waals surface area contributed by atoms with Gasteiger partial charge in [-0.3, -0.25) is 28.8 Å². The van der Waals surface area contributed by atoms with Crippen LogP contribution >= 0.6 is 23.2 Å². The van der Waals surface area contributed by atoms with Crippen LogP contribution in [-0.4, -0.2) is 132 Å². The molecule has 1 aliphatic heterocycles. The number of fused-ring (bicyclic) bond motifs is 1. The average Bonchev–Trinajstić information content (AvgIpc) is 4.22. The van der Waals surface area contributed by atoms with Crippen molar-refractivity contribution in [1.29, 1.82) is 0 Å². The van der Waals surface area contributed by atoms with E-state index in [-0.39, 0.29) is 136 Å². The SMILES string of the molecule is CC(C)C[C@@H](C=O)NC(=O)C(CCCCNC(=O)C(C)(C)NC(=O)[C@H](Cc1cc(Cl)ccc1Cl)[N+](C)(C)C)N(C)C(=O)C(NC(=O)C1Cc2ccc(O)cc2CN1C=O)=C1CC1.CC1(C(F)(F)F)CC1.[CH3-].[Cs+]. The number of quaternary nitrogens is 1. The number of nitrogens with one attached hydrogen (secondary N) is 4. The molecule has 4 atom stereocenters. The standard InChI is InChI=1S/C45H61Cl2N7O8.C5H7F3.CH3.Cs/c1-27(2)19-33(25-55)49-40(58)36(52(5)43(61)39(28-12-13-28)50-41(59)37-22-29-14-16-34(57)21-31(29)24-53(37)26-56)11-9-10-18-48-44(62)45(3,4)51-42(60)38(54(6,7)8)23-30-20-32(46)15-17-35(30)47;1-4(2-3-4)5(6,7)8;;/h14-17,20-21,25-27,33,36-38H,9-13,18-19,22-24H2,1-8H3,(H4-,48,49,50,51,57,58,59,60,62);2-3H2,1H3;1H3;/q;;-1;+1/p+1/t33-,36?,37?,38-;;;/m0.../s1. The van der Waals surface area contributed by atoms with Crippen molar-refractivity contribution in [2.45, 2.75) is 141 Å². The molecule has 0 bridgehead atoms. The van der Waals surface area contributed by atoms with Crippen molar-refractivity contribution in [3.63, 3.8) is 0 Å². The van der Waals surface area contributed by atoms with E-state index in [1.54, 1.807) is 44.2 Å². The number of benzene rings is 2. The fourth-order valence-electron chi connectivity index (χ4n) is 7.94. The van der Waals surface area contributed by atoms with Crippen LogP contribution in [0.1, 0.15) is 103 Å². The maximum Gasteiger partial charge on any atom is 1.00 e. The van der Waals surface area contributed by atoms with Gasteiger partial charge in [-0.2, -0.15) is 13.2 Å². The Morgan fingerprint density at radius 1 is 0.972 bits per heavy atom. The molecule has 2 saturated carbocycles. The summed E-state index contributed by atoms with van der Waals surface area (Å²) < 4.78 is 35.1. The number of halogens is 5. The van der Waals surface area contributed by atoms with Crippen LogP contribution in [0.25, 0.3) is 0 Å². The zero-order chi connectivity index (χ0) is 52.5. The Balaban J connectivity index is 0.00000161. The molecule has 5 rings (SSSR count). The largest absolute Gasteiger partial charge is 1.00 e. The maximum atomic E-state index is 14.2. The molecule has 2 unspecified atom stereocenters. The summed E-state index contributed by atoms with van der Waals surface area (Å²) in [6, 6.07) is 6.51. The number of carbonyl (C=O) groups excluding carboxylic acids is 7. The Morgan fingerprint density at radius 2 is 1.61 bits per heavy atom. The van der Waals surface area contributed by atoms with Gasteiger partial charge in [0.2, 0.25) is 24.1 Å². The van der Waals surface area contributed by atoms with Crippen molar-refractivity contribution >= 4 is 65.4 Å². The second-order valence-corrected chi connectivity index (χ2v) is 21.6. The van der Waals surface area contributed by atoms with E-state index in [1.165, 1.54) is 29.8 Å². The second kappa shape index (κ2) is 27.6. The van der Waals surface area contributed by atoms with Crippen LogP contribution < -0.4 is 90.2 Å². The number of phenolic OH excluding ortho intramolecular Hbond substituents is 1. The van der Waals surface area contributed by atoms with Crippen LogP contribution in [0.3, 0.4) is 0 Å². The van der Waals surface area contributed by atoms with Crippen molar-refractivity contribution < 1.29 is 125 Å². The Bertz CT molecular complexity index is 2300. The molecule has 21 heteroatoms. The van der Waals surface area contributed by atoms with Crippen molar-refractivity contribution in [3.8, 4) is 5.75 Å². The van der Waals surface area contributed by atoms with Crippen LogP contribution in [0.15, 0.2) is 47.7 Å². The number of rotatable bonds is 21. The van der Waals surface area contributed by atoms with Gasteiger partial charge < -0.3 is 52.9 Å². The molecule has 2 aliphatic carbocycles. The Labute approximate surface area is 491 Å². The average molecular weight is 1170 g/mol. The van der Waals surface area contributed by atoms with Crippen LogP contribution in [-0.2, 0) is 52.9 Å². The van der Waals surface area contributed by atoms with E-state index in [9.17, 15) is 51.8 Å². The minimum Gasteiger partial charge on any atom is -0.508 e. The van der Waals surface area contributed by atoms with Crippen molar-refractivity contribution in [1.82, 2.24) is 31.1 Å². The number of carbonyl (C=O) groups is 7. The molecule has 3 aliphatic rings. The van der Waals surface area contributed by atoms with Gasteiger partial charge in [0.15, 0.2) is 6.04 Å². The number of allylic oxidation sites excluding steroid dienone is 1. The van der Waals surface area contributed by atoms with Crippen molar-refractivity contribution in [2.24, 2.45) is 11.3 Å². The van der Waals surface area contributed by atoms with Crippen molar-refractivity contribution in [3.05, 3.63) is 81.8 Å². The molecule has 0 radical (unpaired) electrons. The Kier molecular flexibility index (Phi) is 24.9. The zero-order valence-corrected chi connectivity index (χ0v) is 51.3. The molecule has 2 fully saturated rings. The minimum absolute atomic E-state index is 0. The predicted octanol–water partition coefficient (Wildman–Crippen LogP) is 3.60. The number of nitrogens with zero attached hydrogens (tertiary/aromatic N) is 3. The van der Waals surface area contributed by atoms with E-state index < -0.39 is 64.9 Å². The fraction of sp³-hybridized carbons (Fsp3) is 0.569. The normalized spacial score (nSPS) is 16.8. The number of aldehydes is 1. The van der Waals surface area contributed by atoms with Gasteiger partial charge in [0.05, 0.1) is 32.6 Å². The molecule has 0 saturated heterocycles. The molecular weight excluding hydrogens is 1100 g/mol. The van der Waals surface area contributed by atoms with E-state index in [0.717, 1.165) is 5.56 Å². The van der Waals surface area contributed by atoms with Gasteiger partial charge in [-0.05, 0) is 124 Å². The Morgan fingerprint density at radius 3 is 2.14 bits per heavy atom. The first-order chi connectivity index (χ1) is 32.5. The van der Waals surface area contributed by atoms with E-state index in [1.807, 2.05) is 35.0 Å². The number of aromatic hydroxyl groups is 1. The minimum atomic E-state index is -3.95. The molecule has 6 amide bonds. The zero-order valence-electron chi connectivity index (χ0n) is 43.5. The first-order valence-electron chi connectivity index (χ1n) is 23.5. The van der Waals surface area contributed by atoms with Gasteiger partial charge in [0, 0.05) is 43.0 Å². The summed E-state index contributed by atoms with van der Waals surface area (Å²) in [5.74, 6) is -2.30.